The Labute approximate surface area is 173 Å². The number of hydrogen-bond donors (Lipinski definition) is 1. The molecule has 1 atom stereocenters. The van der Waals surface area contributed by atoms with E-state index in [1.54, 1.807) is 0 Å². The van der Waals surface area contributed by atoms with E-state index in [0.717, 1.165) is 45.0 Å². The molecular weight excluding hydrogens is 444 g/mol. The van der Waals surface area contributed by atoms with Crippen LogP contribution in [-0.2, 0) is 0 Å². The summed E-state index contributed by atoms with van der Waals surface area (Å²) in [5.74, 6) is 0.463. The molecule has 2 heterocycles. The van der Waals surface area contributed by atoms with Gasteiger partial charge in [0.1, 0.15) is 5.82 Å². The van der Waals surface area contributed by atoms with Crippen LogP contribution in [0.15, 0.2) is 29.3 Å². The summed E-state index contributed by atoms with van der Waals surface area (Å²) < 4.78 is 13.0. The number of benzene rings is 1. The van der Waals surface area contributed by atoms with Crippen LogP contribution in [0.3, 0.4) is 0 Å². The molecule has 1 unspecified atom stereocenters. The van der Waals surface area contributed by atoms with Crippen molar-refractivity contribution in [3.8, 4) is 0 Å². The van der Waals surface area contributed by atoms with Gasteiger partial charge in [-0.05, 0) is 50.6 Å². The first-order valence-electron chi connectivity index (χ1n) is 9.43. The fourth-order valence-electron chi connectivity index (χ4n) is 3.73. The Morgan fingerprint density at radius 3 is 2.46 bits per heavy atom. The molecule has 0 aliphatic carbocycles. The molecule has 0 aromatic heterocycles. The number of piperidine rings is 1. The lowest BCUT2D eigenvalue weighted by atomic mass is 10.0. The molecule has 2 N–H and O–H groups in total. The molecule has 2 fully saturated rings. The van der Waals surface area contributed by atoms with Crippen molar-refractivity contribution in [3.63, 3.8) is 0 Å². The van der Waals surface area contributed by atoms with Gasteiger partial charge >= 0.3 is 0 Å². The number of nitrogens with two attached hydrogens (primary N) is 1. The SMILES string of the molecule is CC1CCCCN1CCN=C(N)N1CCN(c2ccc(F)cc2)CC1.I. The van der Waals surface area contributed by atoms with Crippen LogP contribution < -0.4 is 10.6 Å². The van der Waals surface area contributed by atoms with Gasteiger partial charge in [-0.25, -0.2) is 4.39 Å². The summed E-state index contributed by atoms with van der Waals surface area (Å²) >= 11 is 0. The van der Waals surface area contributed by atoms with Gasteiger partial charge in [0, 0.05) is 44.5 Å². The highest BCUT2D eigenvalue weighted by Crippen LogP contribution is 2.17. The second-order valence-corrected chi connectivity index (χ2v) is 7.07. The normalized spacial score (nSPS) is 22.2. The van der Waals surface area contributed by atoms with E-state index in [-0.39, 0.29) is 29.8 Å². The predicted octanol–water partition coefficient (Wildman–Crippen LogP) is 2.75. The minimum atomic E-state index is -0.193. The zero-order valence-corrected chi connectivity index (χ0v) is 17.9. The number of likely N-dealkylation sites (tertiary alicyclic amines) is 1. The molecule has 2 aliphatic heterocycles. The van der Waals surface area contributed by atoms with Crippen molar-refractivity contribution < 1.29 is 4.39 Å². The van der Waals surface area contributed by atoms with E-state index in [0.29, 0.717) is 12.0 Å². The summed E-state index contributed by atoms with van der Waals surface area (Å²) in [6.45, 7) is 8.73. The van der Waals surface area contributed by atoms with Crippen molar-refractivity contribution in [2.45, 2.75) is 32.2 Å². The first-order valence-corrected chi connectivity index (χ1v) is 9.43. The van der Waals surface area contributed by atoms with Gasteiger partial charge in [-0.3, -0.25) is 9.89 Å². The number of piperazine rings is 1. The largest absolute Gasteiger partial charge is 0.370 e. The van der Waals surface area contributed by atoms with Gasteiger partial charge in [-0.2, -0.15) is 0 Å². The van der Waals surface area contributed by atoms with Crippen LogP contribution in [0.1, 0.15) is 26.2 Å². The topological polar surface area (TPSA) is 48.1 Å². The quantitative estimate of drug-likeness (QED) is 0.414. The minimum Gasteiger partial charge on any atom is -0.370 e. The van der Waals surface area contributed by atoms with Gasteiger partial charge < -0.3 is 15.5 Å². The zero-order chi connectivity index (χ0) is 17.6. The molecule has 0 radical (unpaired) electrons. The van der Waals surface area contributed by atoms with E-state index < -0.39 is 0 Å². The Hall–Kier alpha value is -1.09. The standard InChI is InChI=1S/C19H30FN5.HI/c1-16-4-2-3-10-23(16)11-9-22-19(21)25-14-12-24(13-15-25)18-7-5-17(20)6-8-18;/h5-8,16H,2-4,9-15H2,1H3,(H2,21,22);1H. The monoisotopic (exact) mass is 475 g/mol. The molecule has 146 valence electrons. The maximum Gasteiger partial charge on any atom is 0.191 e. The second-order valence-electron chi connectivity index (χ2n) is 7.07. The molecule has 26 heavy (non-hydrogen) atoms. The molecule has 0 amide bonds. The third-order valence-electron chi connectivity index (χ3n) is 5.40. The van der Waals surface area contributed by atoms with Crippen molar-refractivity contribution >= 4 is 35.6 Å². The number of aliphatic imine (C=N–C) groups is 1. The van der Waals surface area contributed by atoms with Crippen LogP contribution >= 0.6 is 24.0 Å². The molecule has 0 saturated carbocycles. The number of hydrogen-bond acceptors (Lipinski definition) is 3. The molecule has 1 aromatic rings. The van der Waals surface area contributed by atoms with E-state index in [1.165, 1.54) is 37.9 Å². The van der Waals surface area contributed by atoms with Gasteiger partial charge in [0.2, 0.25) is 0 Å². The number of anilines is 1. The van der Waals surface area contributed by atoms with Crippen LogP contribution in [0.2, 0.25) is 0 Å². The summed E-state index contributed by atoms with van der Waals surface area (Å²) in [6.07, 6.45) is 3.95. The lowest BCUT2D eigenvalue weighted by molar-refractivity contribution is 0.165. The first-order chi connectivity index (χ1) is 12.1. The Kier molecular flexibility index (Phi) is 8.40. The van der Waals surface area contributed by atoms with Gasteiger partial charge in [0.05, 0.1) is 6.54 Å². The Morgan fingerprint density at radius 2 is 1.81 bits per heavy atom. The van der Waals surface area contributed by atoms with Crippen molar-refractivity contribution in [2.75, 3.05) is 50.7 Å². The van der Waals surface area contributed by atoms with E-state index in [2.05, 4.69) is 26.6 Å². The highest BCUT2D eigenvalue weighted by molar-refractivity contribution is 14.0. The molecule has 0 bridgehead atoms. The summed E-state index contributed by atoms with van der Waals surface area (Å²) in [6, 6.07) is 7.37. The highest BCUT2D eigenvalue weighted by Gasteiger charge is 2.20. The average Bonchev–Trinajstić information content (AvgIpc) is 2.64. The Balaban J connectivity index is 0.00000243. The molecule has 1 aromatic carbocycles. The minimum absolute atomic E-state index is 0. The zero-order valence-electron chi connectivity index (χ0n) is 15.6. The Bertz CT molecular complexity index is 572. The van der Waals surface area contributed by atoms with Gasteiger partial charge in [0.25, 0.3) is 0 Å². The molecule has 2 aliphatic rings. The number of nitrogens with zero attached hydrogens (tertiary/aromatic N) is 4. The lowest BCUT2D eigenvalue weighted by Gasteiger charge is -2.37. The maximum absolute atomic E-state index is 13.0. The summed E-state index contributed by atoms with van der Waals surface area (Å²) in [7, 11) is 0. The van der Waals surface area contributed by atoms with Crippen molar-refractivity contribution in [2.24, 2.45) is 10.7 Å². The smallest absolute Gasteiger partial charge is 0.191 e. The van der Waals surface area contributed by atoms with E-state index in [1.807, 2.05) is 12.1 Å². The fourth-order valence-corrected chi connectivity index (χ4v) is 3.73. The maximum atomic E-state index is 13.0. The van der Waals surface area contributed by atoms with Crippen LogP contribution in [0, 0.1) is 5.82 Å². The van der Waals surface area contributed by atoms with Crippen LogP contribution in [-0.4, -0.2) is 67.6 Å². The van der Waals surface area contributed by atoms with Gasteiger partial charge in [-0.1, -0.05) is 6.42 Å². The average molecular weight is 475 g/mol. The van der Waals surface area contributed by atoms with Gasteiger partial charge in [-0.15, -0.1) is 24.0 Å². The third kappa shape index (κ3) is 5.70. The number of halogens is 2. The van der Waals surface area contributed by atoms with Crippen molar-refractivity contribution in [1.29, 1.82) is 0 Å². The third-order valence-corrected chi connectivity index (χ3v) is 5.40. The highest BCUT2D eigenvalue weighted by atomic mass is 127. The van der Waals surface area contributed by atoms with Crippen molar-refractivity contribution in [3.05, 3.63) is 30.1 Å². The van der Waals surface area contributed by atoms with Crippen LogP contribution in [0.25, 0.3) is 0 Å². The molecule has 5 nitrogen and oxygen atoms in total. The molecular formula is C19H31FIN5. The fraction of sp³-hybridized carbons (Fsp3) is 0.632. The van der Waals surface area contributed by atoms with Gasteiger partial charge in [0.15, 0.2) is 5.96 Å². The number of rotatable bonds is 4. The summed E-state index contributed by atoms with van der Waals surface area (Å²) in [5, 5.41) is 0. The number of guanidine groups is 1. The van der Waals surface area contributed by atoms with E-state index in [9.17, 15) is 4.39 Å². The van der Waals surface area contributed by atoms with Crippen LogP contribution in [0.4, 0.5) is 10.1 Å². The second kappa shape index (κ2) is 10.3. The molecule has 2 saturated heterocycles. The molecule has 0 spiro atoms. The predicted molar refractivity (Wildman–Crippen MR) is 117 cm³/mol. The first kappa shape index (κ1) is 21.2. The molecule has 7 heteroatoms. The summed E-state index contributed by atoms with van der Waals surface area (Å²) in [4.78, 5) is 11.5. The van der Waals surface area contributed by atoms with E-state index in [4.69, 9.17) is 5.73 Å². The summed E-state index contributed by atoms with van der Waals surface area (Å²) in [5.41, 5.74) is 7.26. The lowest BCUT2D eigenvalue weighted by Crippen LogP contribution is -2.51. The van der Waals surface area contributed by atoms with E-state index >= 15 is 0 Å². The van der Waals surface area contributed by atoms with Crippen LogP contribution in [0.5, 0.6) is 0 Å². The molecule has 3 rings (SSSR count). The Morgan fingerprint density at radius 1 is 1.12 bits per heavy atom. The van der Waals surface area contributed by atoms with Crippen molar-refractivity contribution in [1.82, 2.24) is 9.80 Å².